The number of fused-ring (bicyclic) bond motifs is 1. The van der Waals surface area contributed by atoms with Crippen LogP contribution in [0.15, 0.2) is 109 Å². The Balaban J connectivity index is 1.25. The molecule has 7 heteroatoms. The number of nitrogens with one attached hydrogen (secondary N) is 2. The van der Waals surface area contributed by atoms with Gasteiger partial charge in [-0.15, -0.1) is 10.2 Å². The smallest absolute Gasteiger partial charge is 0.227 e. The van der Waals surface area contributed by atoms with Crippen LogP contribution in [0.1, 0.15) is 5.56 Å². The number of benzene rings is 3. The lowest BCUT2D eigenvalue weighted by molar-refractivity contribution is 0.465. The predicted molar refractivity (Wildman–Crippen MR) is 157 cm³/mol. The van der Waals surface area contributed by atoms with Crippen LogP contribution in [0.2, 0.25) is 0 Å². The molecule has 0 unspecified atom stereocenters. The summed E-state index contributed by atoms with van der Waals surface area (Å²) >= 11 is 0. The number of rotatable bonds is 7. The first-order valence-corrected chi connectivity index (χ1v) is 12.6. The molecule has 7 nitrogen and oxygen atoms in total. The third-order valence-electron chi connectivity index (χ3n) is 6.44. The normalized spacial score (nSPS) is 10.8. The molecule has 0 spiro atoms. The van der Waals surface area contributed by atoms with Gasteiger partial charge in [0, 0.05) is 47.0 Å². The van der Waals surface area contributed by atoms with Crippen LogP contribution in [0.3, 0.4) is 0 Å². The van der Waals surface area contributed by atoms with Crippen LogP contribution in [0.25, 0.3) is 33.2 Å². The highest BCUT2D eigenvalue weighted by Gasteiger charge is 2.12. The van der Waals surface area contributed by atoms with Gasteiger partial charge in [-0.2, -0.15) is 0 Å². The number of anilines is 3. The highest BCUT2D eigenvalue weighted by molar-refractivity contribution is 6.00. The summed E-state index contributed by atoms with van der Waals surface area (Å²) in [5.41, 5.74) is 5.84. The minimum Gasteiger partial charge on any atom is -0.438 e. The van der Waals surface area contributed by atoms with E-state index in [0.717, 1.165) is 44.7 Å². The first-order chi connectivity index (χ1) is 19.2. The van der Waals surface area contributed by atoms with Gasteiger partial charge in [0.2, 0.25) is 5.88 Å². The third kappa shape index (κ3) is 5.10. The maximum atomic E-state index is 6.18. The number of pyridine rings is 2. The van der Waals surface area contributed by atoms with Crippen LogP contribution in [0, 0.1) is 6.92 Å². The molecular weight excluding hydrogens is 484 g/mol. The fraction of sp³-hybridized carbons (Fsp3) is 0.0625. The largest absolute Gasteiger partial charge is 0.438 e. The van der Waals surface area contributed by atoms with Crippen molar-refractivity contribution in [2.75, 3.05) is 17.7 Å². The Hall–Kier alpha value is -5.30. The van der Waals surface area contributed by atoms with Gasteiger partial charge in [0.05, 0.1) is 0 Å². The van der Waals surface area contributed by atoms with Crippen molar-refractivity contribution in [1.82, 2.24) is 20.2 Å². The molecule has 0 saturated carbocycles. The molecule has 3 aromatic heterocycles. The molecule has 6 aromatic rings. The summed E-state index contributed by atoms with van der Waals surface area (Å²) < 4.78 is 6.18. The van der Waals surface area contributed by atoms with Gasteiger partial charge in [0.1, 0.15) is 17.3 Å². The number of hydrogen-bond donors (Lipinski definition) is 2. The average Bonchev–Trinajstić information content (AvgIpc) is 2.99. The van der Waals surface area contributed by atoms with E-state index < -0.39 is 0 Å². The number of ether oxygens (including phenoxy) is 1. The highest BCUT2D eigenvalue weighted by Crippen LogP contribution is 2.34. The van der Waals surface area contributed by atoms with E-state index in [1.165, 1.54) is 5.56 Å². The fourth-order valence-corrected chi connectivity index (χ4v) is 4.40. The topological polar surface area (TPSA) is 84.9 Å². The minimum atomic E-state index is 0.523. The van der Waals surface area contributed by atoms with E-state index in [1.54, 1.807) is 12.4 Å². The Morgan fingerprint density at radius 2 is 1.49 bits per heavy atom. The summed E-state index contributed by atoms with van der Waals surface area (Å²) in [4.78, 5) is 8.77. The maximum Gasteiger partial charge on any atom is 0.227 e. The van der Waals surface area contributed by atoms with Crippen molar-refractivity contribution in [3.05, 3.63) is 115 Å². The first kappa shape index (κ1) is 24.1. The fourth-order valence-electron chi connectivity index (χ4n) is 4.40. The second-order valence-corrected chi connectivity index (χ2v) is 9.10. The monoisotopic (exact) mass is 510 g/mol. The van der Waals surface area contributed by atoms with Crippen molar-refractivity contribution in [2.24, 2.45) is 0 Å². The molecule has 39 heavy (non-hydrogen) atoms. The van der Waals surface area contributed by atoms with Crippen molar-refractivity contribution < 1.29 is 4.74 Å². The van der Waals surface area contributed by atoms with Crippen molar-refractivity contribution in [3.63, 3.8) is 0 Å². The standard InChI is InChI=1S/C32H26N6O/c1-21-9-11-22(12-10-21)30-27-6-3-4-7-28(27)31(38-37-30)36-24-13-15-25(16-14-24)39-32-26(8-5-18-35-32)23-17-19-34-29(20-23)33-2/h3-20H,1-2H3,(H,33,34)(H,36,38). The van der Waals surface area contributed by atoms with Gasteiger partial charge in [0.25, 0.3) is 0 Å². The second-order valence-electron chi connectivity index (χ2n) is 9.10. The van der Waals surface area contributed by atoms with Crippen molar-refractivity contribution in [1.29, 1.82) is 0 Å². The van der Waals surface area contributed by atoms with E-state index in [-0.39, 0.29) is 0 Å². The molecule has 0 saturated heterocycles. The van der Waals surface area contributed by atoms with Crippen molar-refractivity contribution >= 4 is 28.1 Å². The Bertz CT molecular complexity index is 1750. The zero-order valence-electron chi connectivity index (χ0n) is 21.6. The van der Waals surface area contributed by atoms with E-state index in [9.17, 15) is 0 Å². The second kappa shape index (κ2) is 10.6. The van der Waals surface area contributed by atoms with Gasteiger partial charge in [-0.3, -0.25) is 0 Å². The molecule has 0 aliphatic carbocycles. The van der Waals surface area contributed by atoms with E-state index in [4.69, 9.17) is 4.74 Å². The quantitative estimate of drug-likeness (QED) is 0.228. The first-order valence-electron chi connectivity index (χ1n) is 12.6. The zero-order valence-corrected chi connectivity index (χ0v) is 21.6. The molecule has 0 aliphatic rings. The van der Waals surface area contributed by atoms with Gasteiger partial charge in [-0.1, -0.05) is 54.1 Å². The van der Waals surface area contributed by atoms with E-state index in [1.807, 2.05) is 67.7 Å². The number of hydrogen-bond acceptors (Lipinski definition) is 7. The molecule has 190 valence electrons. The van der Waals surface area contributed by atoms with E-state index in [2.05, 4.69) is 74.1 Å². The molecule has 0 radical (unpaired) electrons. The van der Waals surface area contributed by atoms with Crippen LogP contribution < -0.4 is 15.4 Å². The van der Waals surface area contributed by atoms with E-state index in [0.29, 0.717) is 17.4 Å². The lowest BCUT2D eigenvalue weighted by atomic mass is 10.0. The summed E-state index contributed by atoms with van der Waals surface area (Å²) in [5, 5.41) is 17.6. The summed E-state index contributed by atoms with van der Waals surface area (Å²) in [6, 6.07) is 32.0. The number of aryl methyl sites for hydroxylation is 1. The van der Waals surface area contributed by atoms with Gasteiger partial charge in [0.15, 0.2) is 5.82 Å². The molecule has 0 atom stereocenters. The van der Waals surface area contributed by atoms with Gasteiger partial charge in [-0.05, 0) is 61.0 Å². The van der Waals surface area contributed by atoms with Gasteiger partial charge < -0.3 is 15.4 Å². The predicted octanol–water partition coefficient (Wildman–Crippen LogP) is 7.64. The van der Waals surface area contributed by atoms with E-state index >= 15 is 0 Å². The molecule has 2 N–H and O–H groups in total. The summed E-state index contributed by atoms with van der Waals surface area (Å²) in [7, 11) is 1.84. The molecule has 0 aliphatic heterocycles. The number of nitrogens with zero attached hydrogens (tertiary/aromatic N) is 4. The molecule has 0 amide bonds. The van der Waals surface area contributed by atoms with Crippen LogP contribution in [-0.4, -0.2) is 27.2 Å². The third-order valence-corrected chi connectivity index (χ3v) is 6.44. The SMILES string of the molecule is CNc1cc(-c2cccnc2Oc2ccc(Nc3nnc(-c4ccc(C)cc4)c4ccccc34)cc2)ccn1. The average molecular weight is 511 g/mol. The Morgan fingerprint density at radius 3 is 2.28 bits per heavy atom. The summed E-state index contributed by atoms with van der Waals surface area (Å²) in [6.45, 7) is 2.08. The van der Waals surface area contributed by atoms with Gasteiger partial charge >= 0.3 is 0 Å². The van der Waals surface area contributed by atoms with Crippen LogP contribution >= 0.6 is 0 Å². The number of aromatic nitrogens is 4. The molecule has 0 fully saturated rings. The molecule has 3 heterocycles. The maximum absolute atomic E-state index is 6.18. The Morgan fingerprint density at radius 1 is 0.692 bits per heavy atom. The molecule has 6 rings (SSSR count). The van der Waals surface area contributed by atoms with Crippen molar-refractivity contribution in [3.8, 4) is 34.0 Å². The summed E-state index contributed by atoms with van der Waals surface area (Å²) in [6.07, 6.45) is 3.48. The Kier molecular flexibility index (Phi) is 6.53. The highest BCUT2D eigenvalue weighted by atomic mass is 16.5. The lowest BCUT2D eigenvalue weighted by Gasteiger charge is -2.13. The van der Waals surface area contributed by atoms with Gasteiger partial charge in [-0.25, -0.2) is 9.97 Å². The van der Waals surface area contributed by atoms with Crippen LogP contribution in [0.5, 0.6) is 11.6 Å². The van der Waals surface area contributed by atoms with Crippen molar-refractivity contribution in [2.45, 2.75) is 6.92 Å². The minimum absolute atomic E-state index is 0.523. The molecular formula is C32H26N6O. The molecule has 3 aromatic carbocycles. The van der Waals surface area contributed by atoms with Crippen LogP contribution in [0.4, 0.5) is 17.3 Å². The van der Waals surface area contributed by atoms with Crippen LogP contribution in [-0.2, 0) is 0 Å². The Labute approximate surface area is 226 Å². The molecule has 0 bridgehead atoms. The summed E-state index contributed by atoms with van der Waals surface area (Å²) in [5.74, 6) is 2.67. The lowest BCUT2D eigenvalue weighted by Crippen LogP contribution is -1.99. The zero-order chi connectivity index (χ0) is 26.6.